The van der Waals surface area contributed by atoms with Crippen molar-refractivity contribution in [3.8, 4) is 0 Å². The van der Waals surface area contributed by atoms with Crippen LogP contribution in [0.5, 0.6) is 0 Å². The first-order chi connectivity index (χ1) is 6.22. The molecule has 0 amide bonds. The van der Waals surface area contributed by atoms with Gasteiger partial charge in [0.2, 0.25) is 0 Å². The van der Waals surface area contributed by atoms with Crippen LogP contribution in [0.15, 0.2) is 6.20 Å². The quantitative estimate of drug-likeness (QED) is 0.612. The lowest BCUT2D eigenvalue weighted by atomic mass is 10.3. The van der Waals surface area contributed by atoms with Crippen LogP contribution in [-0.2, 0) is 11.2 Å². The van der Waals surface area contributed by atoms with Crippen LogP contribution in [0.25, 0.3) is 0 Å². The Hall–Kier alpha value is -1.14. The number of hydrogen-bond donors (Lipinski definition) is 3. The average Bonchev–Trinajstić information content (AvgIpc) is 2.50. The third-order valence-corrected chi connectivity index (χ3v) is 2.34. The Morgan fingerprint density at radius 2 is 2.54 bits per heavy atom. The summed E-state index contributed by atoms with van der Waals surface area (Å²) < 4.78 is 0. The van der Waals surface area contributed by atoms with E-state index in [0.717, 1.165) is 10.0 Å². The Bertz CT molecular complexity index is 287. The van der Waals surface area contributed by atoms with Gasteiger partial charge in [0, 0.05) is 18.1 Å². The van der Waals surface area contributed by atoms with Crippen LogP contribution in [0.3, 0.4) is 0 Å². The zero-order valence-corrected chi connectivity index (χ0v) is 8.02. The van der Waals surface area contributed by atoms with Crippen molar-refractivity contribution < 1.29 is 9.90 Å². The van der Waals surface area contributed by atoms with Gasteiger partial charge in [0.25, 0.3) is 0 Å². The van der Waals surface area contributed by atoms with Crippen LogP contribution >= 0.6 is 11.3 Å². The van der Waals surface area contributed by atoms with Crippen molar-refractivity contribution in [2.24, 2.45) is 0 Å². The van der Waals surface area contributed by atoms with Gasteiger partial charge in [-0.05, 0) is 6.42 Å². The van der Waals surface area contributed by atoms with E-state index in [-0.39, 0.29) is 6.42 Å². The smallest absolute Gasteiger partial charge is 0.303 e. The maximum atomic E-state index is 10.3. The molecule has 1 aromatic heterocycles. The standard InChI is InChI=1S/C7H11N3O2S/c1-8-10-7-9-4-5(13-7)2-3-6(11)12/h4,8H,2-3H2,1H3,(H,9,10)(H,11,12). The second kappa shape index (κ2) is 4.78. The molecule has 1 heterocycles. The molecular formula is C7H11N3O2S. The van der Waals surface area contributed by atoms with Crippen LogP contribution in [-0.4, -0.2) is 23.1 Å². The highest BCUT2D eigenvalue weighted by atomic mass is 32.1. The van der Waals surface area contributed by atoms with Crippen molar-refractivity contribution in [3.05, 3.63) is 11.1 Å². The Morgan fingerprint density at radius 1 is 1.77 bits per heavy atom. The van der Waals surface area contributed by atoms with Crippen molar-refractivity contribution in [1.29, 1.82) is 0 Å². The van der Waals surface area contributed by atoms with E-state index >= 15 is 0 Å². The van der Waals surface area contributed by atoms with Crippen LogP contribution < -0.4 is 10.9 Å². The fourth-order valence-corrected chi connectivity index (χ4v) is 1.63. The molecule has 72 valence electrons. The Morgan fingerprint density at radius 3 is 3.15 bits per heavy atom. The first-order valence-corrected chi connectivity index (χ1v) is 4.63. The summed E-state index contributed by atoms with van der Waals surface area (Å²) in [5, 5.41) is 9.19. The van der Waals surface area contributed by atoms with Gasteiger partial charge >= 0.3 is 5.97 Å². The number of hydrogen-bond acceptors (Lipinski definition) is 5. The number of rotatable bonds is 5. The summed E-state index contributed by atoms with van der Waals surface area (Å²) in [4.78, 5) is 15.3. The predicted molar refractivity (Wildman–Crippen MR) is 50.8 cm³/mol. The number of anilines is 1. The number of aromatic nitrogens is 1. The summed E-state index contributed by atoms with van der Waals surface area (Å²) in [7, 11) is 1.75. The lowest BCUT2D eigenvalue weighted by Gasteiger charge is -1.95. The maximum absolute atomic E-state index is 10.3. The van der Waals surface area contributed by atoms with E-state index in [2.05, 4.69) is 15.8 Å². The van der Waals surface area contributed by atoms with Gasteiger partial charge in [0.15, 0.2) is 5.13 Å². The number of hydrazine groups is 1. The van der Waals surface area contributed by atoms with E-state index in [9.17, 15) is 4.79 Å². The number of carboxylic acids is 1. The summed E-state index contributed by atoms with van der Waals surface area (Å²) in [5.74, 6) is -0.781. The molecule has 0 aliphatic rings. The molecule has 0 saturated carbocycles. The molecule has 0 radical (unpaired) electrons. The number of nitrogens with zero attached hydrogens (tertiary/aromatic N) is 1. The van der Waals surface area contributed by atoms with E-state index < -0.39 is 5.97 Å². The molecule has 6 heteroatoms. The number of aryl methyl sites for hydroxylation is 1. The maximum Gasteiger partial charge on any atom is 0.303 e. The highest BCUT2D eigenvalue weighted by molar-refractivity contribution is 7.15. The number of thiazole rings is 1. The largest absolute Gasteiger partial charge is 0.481 e. The van der Waals surface area contributed by atoms with Gasteiger partial charge in [0.1, 0.15) is 0 Å². The summed E-state index contributed by atoms with van der Waals surface area (Å²) in [6, 6.07) is 0. The van der Waals surface area contributed by atoms with E-state index in [0.29, 0.717) is 6.42 Å². The molecule has 0 atom stereocenters. The topological polar surface area (TPSA) is 74.2 Å². The summed E-state index contributed by atoms with van der Waals surface area (Å²) in [6.45, 7) is 0. The fraction of sp³-hybridized carbons (Fsp3) is 0.429. The molecule has 0 saturated heterocycles. The van der Waals surface area contributed by atoms with Crippen molar-refractivity contribution >= 4 is 22.4 Å². The van der Waals surface area contributed by atoms with E-state index in [1.165, 1.54) is 11.3 Å². The molecule has 0 bridgehead atoms. The molecule has 0 aliphatic carbocycles. The predicted octanol–water partition coefficient (Wildman–Crippen LogP) is 0.707. The van der Waals surface area contributed by atoms with Crippen molar-refractivity contribution in [2.75, 3.05) is 12.5 Å². The third-order valence-electron chi connectivity index (χ3n) is 1.37. The number of carbonyl (C=O) groups is 1. The Labute approximate surface area is 79.8 Å². The minimum absolute atomic E-state index is 0.154. The zero-order valence-electron chi connectivity index (χ0n) is 7.20. The van der Waals surface area contributed by atoms with Crippen molar-refractivity contribution in [2.45, 2.75) is 12.8 Å². The Balaban J connectivity index is 2.44. The van der Waals surface area contributed by atoms with E-state index in [1.54, 1.807) is 13.2 Å². The molecule has 0 fully saturated rings. The van der Waals surface area contributed by atoms with Crippen LogP contribution in [0.1, 0.15) is 11.3 Å². The van der Waals surface area contributed by atoms with Crippen molar-refractivity contribution in [1.82, 2.24) is 10.4 Å². The molecule has 5 nitrogen and oxygen atoms in total. The fourth-order valence-electron chi connectivity index (χ4n) is 0.818. The van der Waals surface area contributed by atoms with Gasteiger partial charge in [-0.1, -0.05) is 0 Å². The molecule has 0 aromatic carbocycles. The average molecular weight is 201 g/mol. The number of nitrogens with one attached hydrogen (secondary N) is 2. The molecule has 0 spiro atoms. The highest BCUT2D eigenvalue weighted by Crippen LogP contribution is 2.18. The van der Waals surface area contributed by atoms with Crippen LogP contribution in [0.4, 0.5) is 5.13 Å². The second-order valence-electron chi connectivity index (χ2n) is 2.40. The number of carboxylic acid groups (broad SMARTS) is 1. The summed E-state index contributed by atoms with van der Waals surface area (Å²) >= 11 is 1.45. The molecule has 1 aromatic rings. The van der Waals surface area contributed by atoms with E-state index in [1.807, 2.05) is 0 Å². The van der Waals surface area contributed by atoms with Gasteiger partial charge in [0.05, 0.1) is 6.42 Å². The third kappa shape index (κ3) is 3.39. The number of aliphatic carboxylic acids is 1. The molecular weight excluding hydrogens is 190 g/mol. The summed E-state index contributed by atoms with van der Waals surface area (Å²) in [6.07, 6.45) is 2.38. The van der Waals surface area contributed by atoms with Gasteiger partial charge in [-0.2, -0.15) is 0 Å². The van der Waals surface area contributed by atoms with E-state index in [4.69, 9.17) is 5.11 Å². The molecule has 0 unspecified atom stereocenters. The molecule has 13 heavy (non-hydrogen) atoms. The van der Waals surface area contributed by atoms with Gasteiger partial charge in [-0.15, -0.1) is 11.3 Å². The minimum Gasteiger partial charge on any atom is -0.481 e. The second-order valence-corrected chi connectivity index (χ2v) is 3.52. The normalized spacial score (nSPS) is 9.92. The van der Waals surface area contributed by atoms with Crippen LogP contribution in [0.2, 0.25) is 0 Å². The lowest BCUT2D eigenvalue weighted by Crippen LogP contribution is -2.14. The van der Waals surface area contributed by atoms with Gasteiger partial charge in [-0.25, -0.2) is 10.4 Å². The van der Waals surface area contributed by atoms with Gasteiger partial charge < -0.3 is 5.11 Å². The first-order valence-electron chi connectivity index (χ1n) is 3.81. The minimum atomic E-state index is -0.781. The highest BCUT2D eigenvalue weighted by Gasteiger charge is 2.03. The Kier molecular flexibility index (Phi) is 3.66. The SMILES string of the molecule is CNNc1ncc(CCC(=O)O)s1. The molecule has 1 rings (SSSR count). The van der Waals surface area contributed by atoms with Crippen LogP contribution in [0, 0.1) is 0 Å². The molecule has 3 N–H and O–H groups in total. The monoisotopic (exact) mass is 201 g/mol. The molecule has 0 aliphatic heterocycles. The van der Waals surface area contributed by atoms with Crippen molar-refractivity contribution in [3.63, 3.8) is 0 Å². The first kappa shape index (κ1) is 9.94. The lowest BCUT2D eigenvalue weighted by molar-refractivity contribution is -0.136. The summed E-state index contributed by atoms with van der Waals surface area (Å²) in [5.41, 5.74) is 5.57. The van der Waals surface area contributed by atoms with Gasteiger partial charge in [-0.3, -0.25) is 10.2 Å². The zero-order chi connectivity index (χ0) is 9.68.